The van der Waals surface area contributed by atoms with E-state index >= 15 is 0 Å². The molecular formula is C15H19N7. The maximum Gasteiger partial charge on any atom is 0.223 e. The monoisotopic (exact) mass is 297 g/mol. The van der Waals surface area contributed by atoms with E-state index in [1.807, 2.05) is 12.1 Å². The van der Waals surface area contributed by atoms with Crippen LogP contribution >= 0.6 is 0 Å². The number of likely N-dealkylation sites (N-methyl/N-ethyl adjacent to an activating group) is 1. The van der Waals surface area contributed by atoms with Crippen molar-refractivity contribution in [3.63, 3.8) is 0 Å². The molecule has 0 aliphatic carbocycles. The van der Waals surface area contributed by atoms with E-state index in [-0.39, 0.29) is 17.8 Å². The number of nitrogens with zero attached hydrogens (tertiary/aromatic N) is 3. The molecule has 2 heterocycles. The Bertz CT molecular complexity index is 713. The maximum absolute atomic E-state index is 7.49. The van der Waals surface area contributed by atoms with E-state index in [9.17, 15) is 0 Å². The van der Waals surface area contributed by atoms with Gasteiger partial charge in [0.05, 0.1) is 5.56 Å². The van der Waals surface area contributed by atoms with Crippen LogP contribution in [0.5, 0.6) is 0 Å². The van der Waals surface area contributed by atoms with Gasteiger partial charge in [-0.3, -0.25) is 0 Å². The highest BCUT2D eigenvalue weighted by atomic mass is 15.2. The Morgan fingerprint density at radius 1 is 1.32 bits per heavy atom. The van der Waals surface area contributed by atoms with Crippen LogP contribution in [0.1, 0.15) is 11.1 Å². The predicted molar refractivity (Wildman–Crippen MR) is 89.6 cm³/mol. The summed E-state index contributed by atoms with van der Waals surface area (Å²) in [6.07, 6.45) is 2.03. The minimum absolute atomic E-state index is 0.107. The van der Waals surface area contributed by atoms with E-state index in [0.29, 0.717) is 11.4 Å². The Morgan fingerprint density at radius 2 is 2.09 bits per heavy atom. The molecule has 1 atom stereocenters. The summed E-state index contributed by atoms with van der Waals surface area (Å²) >= 11 is 0. The van der Waals surface area contributed by atoms with Gasteiger partial charge < -0.3 is 27.1 Å². The molecule has 0 radical (unpaired) electrons. The van der Waals surface area contributed by atoms with Gasteiger partial charge in [0.15, 0.2) is 0 Å². The quantitative estimate of drug-likeness (QED) is 0.631. The number of aromatic nitrogens is 2. The highest BCUT2D eigenvalue weighted by molar-refractivity contribution is 5.90. The van der Waals surface area contributed by atoms with Crippen LogP contribution in [-0.2, 0) is 6.42 Å². The zero-order chi connectivity index (χ0) is 15.7. The summed E-state index contributed by atoms with van der Waals surface area (Å²) in [6.45, 7) is 0.832. The predicted octanol–water partition coefficient (Wildman–Crippen LogP) is 1.11. The first kappa shape index (κ1) is 14.1. The fraction of sp³-hybridized carbons (Fsp3) is 0.267. The SMILES string of the molecule is CN1CC(Nc2nc(N)nc(N)c2C=N)Cc2ccccc21. The van der Waals surface area contributed by atoms with Crippen molar-refractivity contribution in [2.45, 2.75) is 12.5 Å². The van der Waals surface area contributed by atoms with Gasteiger partial charge in [0, 0.05) is 31.5 Å². The van der Waals surface area contributed by atoms with Crippen molar-refractivity contribution < 1.29 is 0 Å². The lowest BCUT2D eigenvalue weighted by Gasteiger charge is -2.34. The van der Waals surface area contributed by atoms with Crippen LogP contribution in [0.15, 0.2) is 24.3 Å². The average Bonchev–Trinajstić information content (AvgIpc) is 2.47. The van der Waals surface area contributed by atoms with Crippen molar-refractivity contribution in [1.29, 1.82) is 5.41 Å². The van der Waals surface area contributed by atoms with Crippen molar-refractivity contribution in [3.05, 3.63) is 35.4 Å². The zero-order valence-corrected chi connectivity index (χ0v) is 12.4. The van der Waals surface area contributed by atoms with Gasteiger partial charge in [0.2, 0.25) is 5.95 Å². The molecule has 3 rings (SSSR count). The highest BCUT2D eigenvalue weighted by Gasteiger charge is 2.23. The molecular weight excluding hydrogens is 278 g/mol. The van der Waals surface area contributed by atoms with E-state index < -0.39 is 0 Å². The van der Waals surface area contributed by atoms with Gasteiger partial charge in [-0.05, 0) is 18.1 Å². The average molecular weight is 297 g/mol. The first-order chi connectivity index (χ1) is 10.6. The summed E-state index contributed by atoms with van der Waals surface area (Å²) in [5.41, 5.74) is 14.5. The first-order valence-corrected chi connectivity index (χ1v) is 7.07. The third-order valence-corrected chi connectivity index (χ3v) is 3.84. The molecule has 0 amide bonds. The third-order valence-electron chi connectivity index (χ3n) is 3.84. The molecule has 0 bridgehead atoms. The number of nitrogens with two attached hydrogens (primary N) is 2. The fourth-order valence-corrected chi connectivity index (χ4v) is 2.86. The lowest BCUT2D eigenvalue weighted by molar-refractivity contribution is 0.661. The summed E-state index contributed by atoms with van der Waals surface area (Å²) in [5, 5.41) is 10.8. The summed E-state index contributed by atoms with van der Waals surface area (Å²) in [7, 11) is 2.06. The molecule has 1 aliphatic rings. The smallest absolute Gasteiger partial charge is 0.223 e. The summed E-state index contributed by atoms with van der Waals surface area (Å²) in [5.74, 6) is 0.836. The molecule has 0 saturated carbocycles. The molecule has 0 fully saturated rings. The van der Waals surface area contributed by atoms with Crippen LogP contribution in [0.25, 0.3) is 0 Å². The first-order valence-electron chi connectivity index (χ1n) is 7.07. The molecule has 2 aromatic rings. The van der Waals surface area contributed by atoms with E-state index in [4.69, 9.17) is 16.9 Å². The Morgan fingerprint density at radius 3 is 2.86 bits per heavy atom. The van der Waals surface area contributed by atoms with Crippen LogP contribution in [0.2, 0.25) is 0 Å². The molecule has 6 N–H and O–H groups in total. The van der Waals surface area contributed by atoms with E-state index in [0.717, 1.165) is 19.2 Å². The van der Waals surface area contributed by atoms with Gasteiger partial charge in [-0.2, -0.15) is 9.97 Å². The van der Waals surface area contributed by atoms with Crippen molar-refractivity contribution in [3.8, 4) is 0 Å². The van der Waals surface area contributed by atoms with E-state index in [2.05, 4.69) is 39.4 Å². The number of benzene rings is 1. The van der Waals surface area contributed by atoms with Crippen LogP contribution < -0.4 is 21.7 Å². The second-order valence-corrected chi connectivity index (χ2v) is 5.43. The van der Waals surface area contributed by atoms with Crippen molar-refractivity contribution >= 4 is 29.5 Å². The summed E-state index contributed by atoms with van der Waals surface area (Å²) < 4.78 is 0. The topological polar surface area (TPSA) is 117 Å². The number of fused-ring (bicyclic) bond motifs is 1. The van der Waals surface area contributed by atoms with Crippen molar-refractivity contribution in [2.24, 2.45) is 0 Å². The van der Waals surface area contributed by atoms with Crippen LogP contribution in [0.3, 0.4) is 0 Å². The summed E-state index contributed by atoms with van der Waals surface area (Å²) in [6, 6.07) is 8.49. The Labute approximate surface area is 128 Å². The molecule has 1 aromatic carbocycles. The number of anilines is 4. The Kier molecular flexibility index (Phi) is 3.54. The minimum Gasteiger partial charge on any atom is -0.383 e. The van der Waals surface area contributed by atoms with Gasteiger partial charge >= 0.3 is 0 Å². The number of nitrogen functional groups attached to an aromatic ring is 2. The number of nitrogens with one attached hydrogen (secondary N) is 2. The molecule has 1 aliphatic heterocycles. The van der Waals surface area contributed by atoms with E-state index in [1.54, 1.807) is 0 Å². The van der Waals surface area contributed by atoms with Gasteiger partial charge in [-0.25, -0.2) is 0 Å². The van der Waals surface area contributed by atoms with Crippen molar-refractivity contribution in [1.82, 2.24) is 9.97 Å². The molecule has 22 heavy (non-hydrogen) atoms. The maximum atomic E-state index is 7.49. The summed E-state index contributed by atoms with van der Waals surface area (Å²) in [4.78, 5) is 10.3. The lowest BCUT2D eigenvalue weighted by Crippen LogP contribution is -2.40. The standard InChI is InChI=1S/C15H19N7/c1-22-8-10(6-9-4-2-3-5-12(9)22)19-14-11(7-16)13(17)20-15(18)21-14/h2-5,7,10,16H,6,8H2,1H3,(H5,17,18,19,20,21). The van der Waals surface area contributed by atoms with Crippen LogP contribution in [0.4, 0.5) is 23.3 Å². The van der Waals surface area contributed by atoms with Crippen LogP contribution in [-0.4, -0.2) is 35.8 Å². The molecule has 1 unspecified atom stereocenters. The van der Waals surface area contributed by atoms with Gasteiger partial charge in [0.25, 0.3) is 0 Å². The number of hydrogen-bond acceptors (Lipinski definition) is 7. The van der Waals surface area contributed by atoms with Crippen molar-refractivity contribution in [2.75, 3.05) is 35.3 Å². The normalized spacial score (nSPS) is 17.0. The number of para-hydroxylation sites is 1. The Hall–Kier alpha value is -2.83. The zero-order valence-electron chi connectivity index (χ0n) is 12.4. The third kappa shape index (κ3) is 2.52. The molecule has 7 nitrogen and oxygen atoms in total. The number of rotatable bonds is 3. The van der Waals surface area contributed by atoms with E-state index in [1.165, 1.54) is 11.3 Å². The fourth-order valence-electron chi connectivity index (χ4n) is 2.86. The highest BCUT2D eigenvalue weighted by Crippen LogP contribution is 2.27. The molecule has 0 saturated heterocycles. The minimum atomic E-state index is 0.107. The largest absolute Gasteiger partial charge is 0.383 e. The second-order valence-electron chi connectivity index (χ2n) is 5.43. The van der Waals surface area contributed by atoms with Crippen LogP contribution in [0, 0.1) is 5.41 Å². The lowest BCUT2D eigenvalue weighted by atomic mass is 9.98. The molecule has 114 valence electrons. The molecule has 7 heteroatoms. The molecule has 0 spiro atoms. The number of hydrogen-bond donors (Lipinski definition) is 4. The molecule has 1 aromatic heterocycles. The van der Waals surface area contributed by atoms with Gasteiger partial charge in [-0.1, -0.05) is 18.2 Å². The second kappa shape index (κ2) is 5.51. The Balaban J connectivity index is 1.88. The van der Waals surface area contributed by atoms with Gasteiger partial charge in [-0.15, -0.1) is 0 Å². The van der Waals surface area contributed by atoms with Gasteiger partial charge in [0.1, 0.15) is 11.6 Å².